The number of carboxylic acid groups (broad SMARTS) is 1. The minimum atomic E-state index is -0.948. The summed E-state index contributed by atoms with van der Waals surface area (Å²) in [5.41, 5.74) is 0. The van der Waals surface area contributed by atoms with E-state index >= 15 is 0 Å². The Labute approximate surface area is 78.0 Å². The highest BCUT2D eigenvalue weighted by Crippen LogP contribution is 2.31. The molecule has 0 bridgehead atoms. The standard InChI is InChI=1S/C9H17NO3/c11-8(5-9(12)13)6-10-4-3-7-1-2-7/h7-8,10-11H,1-6H2,(H,12,13). The highest BCUT2D eigenvalue weighted by Gasteiger charge is 2.20. The molecule has 1 aliphatic carbocycles. The summed E-state index contributed by atoms with van der Waals surface area (Å²) in [5.74, 6) is -0.0689. The van der Waals surface area contributed by atoms with Crippen LogP contribution in [0.15, 0.2) is 0 Å². The molecule has 1 unspecified atom stereocenters. The number of aliphatic hydroxyl groups is 1. The van der Waals surface area contributed by atoms with Crippen molar-refractivity contribution in [2.75, 3.05) is 13.1 Å². The molecule has 0 aromatic heterocycles. The van der Waals surface area contributed by atoms with Gasteiger partial charge < -0.3 is 15.5 Å². The molecule has 0 aromatic carbocycles. The van der Waals surface area contributed by atoms with Crippen molar-refractivity contribution in [2.24, 2.45) is 5.92 Å². The predicted molar refractivity (Wildman–Crippen MR) is 48.5 cm³/mol. The van der Waals surface area contributed by atoms with Gasteiger partial charge >= 0.3 is 5.97 Å². The van der Waals surface area contributed by atoms with Crippen LogP contribution in [0.5, 0.6) is 0 Å². The molecule has 1 atom stereocenters. The van der Waals surface area contributed by atoms with Crippen LogP contribution in [0.2, 0.25) is 0 Å². The number of aliphatic hydroxyl groups excluding tert-OH is 1. The van der Waals surface area contributed by atoms with E-state index in [-0.39, 0.29) is 6.42 Å². The lowest BCUT2D eigenvalue weighted by molar-refractivity contribution is -0.139. The van der Waals surface area contributed by atoms with Crippen molar-refractivity contribution < 1.29 is 15.0 Å². The molecule has 0 radical (unpaired) electrons. The Bertz CT molecular complexity index is 168. The molecule has 0 amide bonds. The molecule has 1 aliphatic rings. The van der Waals surface area contributed by atoms with Gasteiger partial charge in [-0.15, -0.1) is 0 Å². The summed E-state index contributed by atoms with van der Waals surface area (Å²) < 4.78 is 0. The molecule has 0 aromatic rings. The van der Waals surface area contributed by atoms with Gasteiger partial charge in [-0.25, -0.2) is 0 Å². The Morgan fingerprint density at radius 1 is 1.54 bits per heavy atom. The van der Waals surface area contributed by atoms with E-state index < -0.39 is 12.1 Å². The lowest BCUT2D eigenvalue weighted by atomic mass is 10.2. The van der Waals surface area contributed by atoms with E-state index in [0.717, 1.165) is 18.9 Å². The van der Waals surface area contributed by atoms with Crippen LogP contribution in [0.3, 0.4) is 0 Å². The lowest BCUT2D eigenvalue weighted by Gasteiger charge is -2.08. The van der Waals surface area contributed by atoms with E-state index in [1.54, 1.807) is 0 Å². The van der Waals surface area contributed by atoms with Crippen LogP contribution in [-0.2, 0) is 4.79 Å². The summed E-state index contributed by atoms with van der Waals surface area (Å²) in [5, 5.41) is 20.6. The van der Waals surface area contributed by atoms with E-state index in [2.05, 4.69) is 5.32 Å². The average molecular weight is 187 g/mol. The largest absolute Gasteiger partial charge is 0.481 e. The van der Waals surface area contributed by atoms with Crippen molar-refractivity contribution in [3.05, 3.63) is 0 Å². The minimum absolute atomic E-state index is 0.170. The van der Waals surface area contributed by atoms with Crippen molar-refractivity contribution in [3.63, 3.8) is 0 Å². The number of hydrogen-bond donors (Lipinski definition) is 3. The fourth-order valence-corrected chi connectivity index (χ4v) is 1.26. The van der Waals surface area contributed by atoms with Gasteiger partial charge in [0.2, 0.25) is 0 Å². The molecule has 0 aliphatic heterocycles. The van der Waals surface area contributed by atoms with Crippen LogP contribution in [0.4, 0.5) is 0 Å². The molecule has 3 N–H and O–H groups in total. The SMILES string of the molecule is O=C(O)CC(O)CNCCC1CC1. The van der Waals surface area contributed by atoms with Crippen LogP contribution >= 0.6 is 0 Å². The summed E-state index contributed by atoms with van der Waals surface area (Å²) in [7, 11) is 0. The normalized spacial score (nSPS) is 18.5. The molecule has 1 fully saturated rings. The Morgan fingerprint density at radius 3 is 2.77 bits per heavy atom. The van der Waals surface area contributed by atoms with Gasteiger partial charge in [0, 0.05) is 6.54 Å². The molecule has 1 rings (SSSR count). The van der Waals surface area contributed by atoms with Gasteiger partial charge in [-0.05, 0) is 18.9 Å². The maximum atomic E-state index is 10.2. The molecular weight excluding hydrogens is 170 g/mol. The van der Waals surface area contributed by atoms with Gasteiger partial charge in [-0.2, -0.15) is 0 Å². The number of carboxylic acids is 1. The number of hydrogen-bond acceptors (Lipinski definition) is 3. The maximum absolute atomic E-state index is 10.2. The predicted octanol–water partition coefficient (Wildman–Crippen LogP) is 0.212. The molecule has 1 saturated carbocycles. The molecule has 0 heterocycles. The third-order valence-corrected chi connectivity index (χ3v) is 2.22. The second-order valence-corrected chi connectivity index (χ2v) is 3.69. The second kappa shape index (κ2) is 5.19. The summed E-state index contributed by atoms with van der Waals surface area (Å²) in [6.45, 7) is 1.28. The molecule has 0 spiro atoms. The molecule has 4 nitrogen and oxygen atoms in total. The van der Waals surface area contributed by atoms with Crippen LogP contribution < -0.4 is 5.32 Å². The zero-order valence-corrected chi connectivity index (χ0v) is 7.70. The maximum Gasteiger partial charge on any atom is 0.306 e. The first-order valence-corrected chi connectivity index (χ1v) is 4.79. The van der Waals surface area contributed by atoms with E-state index in [9.17, 15) is 4.79 Å². The summed E-state index contributed by atoms with van der Waals surface area (Å²) >= 11 is 0. The summed E-state index contributed by atoms with van der Waals surface area (Å²) in [4.78, 5) is 10.2. The van der Waals surface area contributed by atoms with E-state index in [4.69, 9.17) is 10.2 Å². The van der Waals surface area contributed by atoms with Crippen molar-refractivity contribution >= 4 is 5.97 Å². The van der Waals surface area contributed by atoms with Gasteiger partial charge in [-0.1, -0.05) is 12.8 Å². The number of rotatable bonds is 7. The lowest BCUT2D eigenvalue weighted by Crippen LogP contribution is -2.29. The smallest absolute Gasteiger partial charge is 0.306 e. The zero-order chi connectivity index (χ0) is 9.68. The Kier molecular flexibility index (Phi) is 4.18. The highest BCUT2D eigenvalue weighted by atomic mass is 16.4. The van der Waals surface area contributed by atoms with Crippen LogP contribution in [0.25, 0.3) is 0 Å². The first-order valence-electron chi connectivity index (χ1n) is 4.79. The van der Waals surface area contributed by atoms with Crippen molar-refractivity contribution in [1.29, 1.82) is 0 Å². The summed E-state index contributed by atoms with van der Waals surface area (Å²) in [6, 6.07) is 0. The Morgan fingerprint density at radius 2 is 2.23 bits per heavy atom. The van der Waals surface area contributed by atoms with Crippen LogP contribution in [-0.4, -0.2) is 35.4 Å². The topological polar surface area (TPSA) is 69.6 Å². The van der Waals surface area contributed by atoms with Gasteiger partial charge in [0.15, 0.2) is 0 Å². The quantitative estimate of drug-likeness (QED) is 0.498. The molecule has 76 valence electrons. The van der Waals surface area contributed by atoms with E-state index in [1.807, 2.05) is 0 Å². The van der Waals surface area contributed by atoms with Crippen molar-refractivity contribution in [2.45, 2.75) is 31.8 Å². The van der Waals surface area contributed by atoms with Gasteiger partial charge in [0.25, 0.3) is 0 Å². The average Bonchev–Trinajstić information content (AvgIpc) is 2.80. The monoisotopic (exact) mass is 187 g/mol. The fourth-order valence-electron chi connectivity index (χ4n) is 1.26. The number of nitrogens with one attached hydrogen (secondary N) is 1. The van der Waals surface area contributed by atoms with Gasteiger partial charge in [-0.3, -0.25) is 4.79 Å². The van der Waals surface area contributed by atoms with Gasteiger partial charge in [0.05, 0.1) is 12.5 Å². The van der Waals surface area contributed by atoms with E-state index in [0.29, 0.717) is 6.54 Å². The molecule has 0 saturated heterocycles. The van der Waals surface area contributed by atoms with Crippen molar-refractivity contribution in [3.8, 4) is 0 Å². The van der Waals surface area contributed by atoms with Crippen LogP contribution in [0.1, 0.15) is 25.7 Å². The third kappa shape index (κ3) is 5.60. The Hall–Kier alpha value is -0.610. The molecule has 13 heavy (non-hydrogen) atoms. The van der Waals surface area contributed by atoms with Gasteiger partial charge in [0.1, 0.15) is 0 Å². The molecule has 4 heteroatoms. The summed E-state index contributed by atoms with van der Waals surface area (Å²) in [6.07, 6.45) is 2.89. The zero-order valence-electron chi connectivity index (χ0n) is 7.70. The fraction of sp³-hybridized carbons (Fsp3) is 0.889. The first-order chi connectivity index (χ1) is 6.18. The van der Waals surface area contributed by atoms with E-state index in [1.165, 1.54) is 12.8 Å². The third-order valence-electron chi connectivity index (χ3n) is 2.22. The number of carbonyl (C=O) groups is 1. The first kappa shape index (κ1) is 10.5. The number of aliphatic carboxylic acids is 1. The second-order valence-electron chi connectivity index (χ2n) is 3.69. The highest BCUT2D eigenvalue weighted by molar-refractivity contribution is 5.67. The Balaban J connectivity index is 1.88. The molecular formula is C9H17NO3. The van der Waals surface area contributed by atoms with Crippen LogP contribution in [0, 0.1) is 5.92 Å². The van der Waals surface area contributed by atoms with Crippen molar-refractivity contribution in [1.82, 2.24) is 5.32 Å². The minimum Gasteiger partial charge on any atom is -0.481 e.